The molecule has 1 amide bonds. The predicted octanol–water partition coefficient (Wildman–Crippen LogP) is 2.90. The summed E-state index contributed by atoms with van der Waals surface area (Å²) in [6.07, 6.45) is 0.935. The number of rotatable bonds is 5. The molecule has 6 nitrogen and oxygen atoms in total. The van der Waals surface area contributed by atoms with Crippen molar-refractivity contribution >= 4 is 28.9 Å². The third kappa shape index (κ3) is 5.36. The fraction of sp³-hybridized carbons (Fsp3) is 0.222. The molecule has 0 bridgehead atoms. The van der Waals surface area contributed by atoms with Gasteiger partial charge in [-0.25, -0.2) is 0 Å². The molecular formula is C18H21N3O3S. The highest BCUT2D eigenvalue weighted by Crippen LogP contribution is 2.22. The van der Waals surface area contributed by atoms with Crippen LogP contribution in [0.4, 0.5) is 5.69 Å². The molecule has 0 heterocycles. The normalized spacial score (nSPS) is 9.88. The zero-order valence-corrected chi connectivity index (χ0v) is 15.2. The Morgan fingerprint density at radius 2 is 1.72 bits per heavy atom. The van der Waals surface area contributed by atoms with E-state index in [1.165, 1.54) is 19.8 Å². The lowest BCUT2D eigenvalue weighted by molar-refractivity contribution is 0.0943. The quantitative estimate of drug-likeness (QED) is 0.563. The van der Waals surface area contributed by atoms with Crippen LogP contribution in [0.25, 0.3) is 0 Å². The molecular weight excluding hydrogens is 338 g/mol. The average Bonchev–Trinajstić information content (AvgIpc) is 2.65. The van der Waals surface area contributed by atoms with Crippen molar-refractivity contribution < 1.29 is 14.3 Å². The lowest BCUT2D eigenvalue weighted by Gasteiger charge is -2.13. The van der Waals surface area contributed by atoms with Gasteiger partial charge in [0, 0.05) is 17.3 Å². The first kappa shape index (κ1) is 18.5. The number of amides is 1. The Bertz CT molecular complexity index is 743. The van der Waals surface area contributed by atoms with Crippen molar-refractivity contribution in [3.05, 3.63) is 53.6 Å². The van der Waals surface area contributed by atoms with Crippen LogP contribution in [0.5, 0.6) is 11.5 Å². The highest BCUT2D eigenvalue weighted by Gasteiger charge is 2.10. The highest BCUT2D eigenvalue weighted by molar-refractivity contribution is 7.80. The summed E-state index contributed by atoms with van der Waals surface area (Å²) >= 11 is 5.19. The number of hydrogen-bond acceptors (Lipinski definition) is 4. The number of benzene rings is 2. The van der Waals surface area contributed by atoms with Gasteiger partial charge in [-0.3, -0.25) is 15.6 Å². The maximum Gasteiger partial charge on any atom is 0.269 e. The second-order valence-corrected chi connectivity index (χ2v) is 5.60. The Labute approximate surface area is 152 Å². The summed E-state index contributed by atoms with van der Waals surface area (Å²) in [5.74, 6) is 0.701. The van der Waals surface area contributed by atoms with Gasteiger partial charge in [0.2, 0.25) is 0 Å². The smallest absolute Gasteiger partial charge is 0.269 e. The number of nitrogens with one attached hydrogen (secondary N) is 3. The average molecular weight is 359 g/mol. The van der Waals surface area contributed by atoms with Gasteiger partial charge < -0.3 is 14.8 Å². The molecule has 2 aromatic carbocycles. The SMILES string of the molecule is CCc1cccc(NC(=S)NNC(=O)c2cc(OC)cc(OC)c2)c1. The van der Waals surface area contributed by atoms with Crippen LogP contribution in [0, 0.1) is 0 Å². The summed E-state index contributed by atoms with van der Waals surface area (Å²) in [5, 5.41) is 3.31. The van der Waals surface area contributed by atoms with Crippen LogP contribution in [0.2, 0.25) is 0 Å². The van der Waals surface area contributed by atoms with Crippen molar-refractivity contribution in [1.82, 2.24) is 10.9 Å². The molecule has 0 saturated heterocycles. The third-order valence-corrected chi connectivity index (χ3v) is 3.70. The number of carbonyl (C=O) groups is 1. The number of carbonyl (C=O) groups excluding carboxylic acids is 1. The zero-order chi connectivity index (χ0) is 18.2. The van der Waals surface area contributed by atoms with E-state index in [0.717, 1.165) is 12.1 Å². The van der Waals surface area contributed by atoms with E-state index in [0.29, 0.717) is 17.1 Å². The molecule has 132 valence electrons. The lowest BCUT2D eigenvalue weighted by atomic mass is 10.1. The first-order valence-electron chi connectivity index (χ1n) is 7.75. The largest absolute Gasteiger partial charge is 0.497 e. The lowest BCUT2D eigenvalue weighted by Crippen LogP contribution is -2.43. The van der Waals surface area contributed by atoms with Gasteiger partial charge in [-0.05, 0) is 48.5 Å². The van der Waals surface area contributed by atoms with Gasteiger partial charge in [-0.1, -0.05) is 19.1 Å². The van der Waals surface area contributed by atoms with E-state index in [1.807, 2.05) is 24.3 Å². The van der Waals surface area contributed by atoms with Gasteiger partial charge in [-0.15, -0.1) is 0 Å². The summed E-state index contributed by atoms with van der Waals surface area (Å²) in [6.45, 7) is 2.08. The molecule has 7 heteroatoms. The maximum absolute atomic E-state index is 12.3. The molecule has 3 N–H and O–H groups in total. The number of aryl methyl sites for hydroxylation is 1. The van der Waals surface area contributed by atoms with Crippen LogP contribution in [0.1, 0.15) is 22.8 Å². The summed E-state index contributed by atoms with van der Waals surface area (Å²) in [7, 11) is 3.05. The molecule has 0 aliphatic carbocycles. The van der Waals surface area contributed by atoms with Crippen LogP contribution >= 0.6 is 12.2 Å². The first-order chi connectivity index (χ1) is 12.0. The van der Waals surface area contributed by atoms with E-state index in [-0.39, 0.29) is 11.0 Å². The molecule has 2 rings (SSSR count). The van der Waals surface area contributed by atoms with E-state index in [9.17, 15) is 4.79 Å². The van der Waals surface area contributed by atoms with Gasteiger partial charge in [-0.2, -0.15) is 0 Å². The van der Waals surface area contributed by atoms with Crippen molar-refractivity contribution in [1.29, 1.82) is 0 Å². The summed E-state index contributed by atoms with van der Waals surface area (Å²) in [5.41, 5.74) is 7.67. The van der Waals surface area contributed by atoms with Crippen molar-refractivity contribution in [2.24, 2.45) is 0 Å². The van der Waals surface area contributed by atoms with Crippen LogP contribution < -0.4 is 25.6 Å². The highest BCUT2D eigenvalue weighted by atomic mass is 32.1. The molecule has 0 atom stereocenters. The number of methoxy groups -OCH3 is 2. The van der Waals surface area contributed by atoms with Crippen LogP contribution in [0.3, 0.4) is 0 Å². The molecule has 0 unspecified atom stereocenters. The Hall–Kier alpha value is -2.80. The molecule has 2 aromatic rings. The van der Waals surface area contributed by atoms with Crippen LogP contribution in [-0.4, -0.2) is 25.2 Å². The minimum atomic E-state index is -0.358. The maximum atomic E-state index is 12.3. The van der Waals surface area contributed by atoms with Gasteiger partial charge in [0.25, 0.3) is 5.91 Å². The van der Waals surface area contributed by atoms with Gasteiger partial charge in [0.1, 0.15) is 11.5 Å². The minimum absolute atomic E-state index is 0.288. The fourth-order valence-corrected chi connectivity index (χ4v) is 2.32. The molecule has 0 aromatic heterocycles. The molecule has 0 radical (unpaired) electrons. The number of anilines is 1. The van der Waals surface area contributed by atoms with Crippen molar-refractivity contribution in [2.45, 2.75) is 13.3 Å². The first-order valence-corrected chi connectivity index (χ1v) is 8.16. The van der Waals surface area contributed by atoms with E-state index >= 15 is 0 Å². The van der Waals surface area contributed by atoms with E-state index in [2.05, 4.69) is 23.1 Å². The zero-order valence-electron chi connectivity index (χ0n) is 14.4. The summed E-state index contributed by atoms with van der Waals surface area (Å²) in [4.78, 5) is 12.3. The van der Waals surface area contributed by atoms with E-state index in [4.69, 9.17) is 21.7 Å². The fourth-order valence-electron chi connectivity index (χ4n) is 2.16. The molecule has 25 heavy (non-hydrogen) atoms. The third-order valence-electron chi connectivity index (χ3n) is 3.50. The molecule has 0 aliphatic rings. The number of hydrazine groups is 1. The standard InChI is InChI=1S/C18H21N3O3S/c1-4-12-6-5-7-14(8-12)19-18(25)21-20-17(22)13-9-15(23-2)11-16(10-13)24-3/h5-11H,4H2,1-3H3,(H,20,22)(H2,19,21,25). The predicted molar refractivity (Wildman–Crippen MR) is 102 cm³/mol. The minimum Gasteiger partial charge on any atom is -0.497 e. The second-order valence-electron chi connectivity index (χ2n) is 5.19. The Morgan fingerprint density at radius 3 is 2.32 bits per heavy atom. The summed E-state index contributed by atoms with van der Waals surface area (Å²) < 4.78 is 10.3. The van der Waals surface area contributed by atoms with Gasteiger partial charge >= 0.3 is 0 Å². The molecule has 0 spiro atoms. The van der Waals surface area contributed by atoms with E-state index < -0.39 is 0 Å². The monoisotopic (exact) mass is 359 g/mol. The van der Waals surface area contributed by atoms with Crippen molar-refractivity contribution in [3.63, 3.8) is 0 Å². The summed E-state index contributed by atoms with van der Waals surface area (Å²) in [6, 6.07) is 12.8. The number of ether oxygens (including phenoxy) is 2. The Kier molecular flexibility index (Phi) is 6.59. The van der Waals surface area contributed by atoms with Crippen LogP contribution in [0.15, 0.2) is 42.5 Å². The number of thiocarbonyl (C=S) groups is 1. The van der Waals surface area contributed by atoms with Gasteiger partial charge in [0.15, 0.2) is 5.11 Å². The molecule has 0 fully saturated rings. The topological polar surface area (TPSA) is 71.6 Å². The number of hydrogen-bond donors (Lipinski definition) is 3. The molecule has 0 aliphatic heterocycles. The van der Waals surface area contributed by atoms with Crippen molar-refractivity contribution in [3.8, 4) is 11.5 Å². The Balaban J connectivity index is 1.96. The van der Waals surface area contributed by atoms with Crippen LogP contribution in [-0.2, 0) is 6.42 Å². The Morgan fingerprint density at radius 1 is 1.04 bits per heavy atom. The second kappa shape index (κ2) is 8.89. The van der Waals surface area contributed by atoms with Crippen molar-refractivity contribution in [2.75, 3.05) is 19.5 Å². The van der Waals surface area contributed by atoms with Gasteiger partial charge in [0.05, 0.1) is 14.2 Å². The molecule has 0 saturated carbocycles. The van der Waals surface area contributed by atoms with E-state index in [1.54, 1.807) is 18.2 Å².